The largest absolute Gasteiger partial charge is 0.472 e. The molecule has 0 rings (SSSR count). The van der Waals surface area contributed by atoms with Gasteiger partial charge in [0.25, 0.3) is 0 Å². The van der Waals surface area contributed by atoms with Gasteiger partial charge in [0.1, 0.15) is 6.61 Å². The highest BCUT2D eigenvalue weighted by molar-refractivity contribution is 7.47. The Morgan fingerprint density at radius 2 is 0.627 bits per heavy atom. The zero-order valence-corrected chi connectivity index (χ0v) is 55.8. The van der Waals surface area contributed by atoms with Gasteiger partial charge in [-0.05, 0) is 77.0 Å². The molecular weight excluding hydrogens is 1050 g/mol. The molecule has 10 heteroatoms. The number of phosphoric ester groups is 1. The van der Waals surface area contributed by atoms with E-state index in [0.29, 0.717) is 6.42 Å². The van der Waals surface area contributed by atoms with Crippen molar-refractivity contribution in [3.8, 4) is 0 Å². The molecule has 0 bridgehead atoms. The molecule has 83 heavy (non-hydrogen) atoms. The van der Waals surface area contributed by atoms with Crippen molar-refractivity contribution in [2.45, 2.75) is 380 Å². The fourth-order valence-electron chi connectivity index (χ4n) is 10.8. The van der Waals surface area contributed by atoms with Crippen LogP contribution in [0.15, 0.2) is 48.6 Å². The number of hydrogen-bond acceptors (Lipinski definition) is 8. The molecule has 2 atom stereocenters. The van der Waals surface area contributed by atoms with Crippen LogP contribution in [0.25, 0.3) is 0 Å². The zero-order valence-electron chi connectivity index (χ0n) is 55.0. The molecular formula is C73H138NO8P. The van der Waals surface area contributed by atoms with Crippen LogP contribution in [0.3, 0.4) is 0 Å². The van der Waals surface area contributed by atoms with E-state index in [1.807, 2.05) is 0 Å². The summed E-state index contributed by atoms with van der Waals surface area (Å²) >= 11 is 0. The van der Waals surface area contributed by atoms with Crippen LogP contribution in [0, 0.1) is 0 Å². The number of rotatable bonds is 69. The van der Waals surface area contributed by atoms with Crippen LogP contribution < -0.4 is 5.73 Å². The highest BCUT2D eigenvalue weighted by Gasteiger charge is 2.26. The van der Waals surface area contributed by atoms with Crippen molar-refractivity contribution in [2.24, 2.45) is 5.73 Å². The molecule has 0 aromatic rings. The van der Waals surface area contributed by atoms with Gasteiger partial charge < -0.3 is 20.1 Å². The molecule has 0 aromatic heterocycles. The molecule has 0 heterocycles. The van der Waals surface area contributed by atoms with E-state index in [2.05, 4.69) is 62.5 Å². The monoisotopic (exact) mass is 1190 g/mol. The minimum atomic E-state index is -4.39. The highest BCUT2D eigenvalue weighted by Crippen LogP contribution is 2.43. The van der Waals surface area contributed by atoms with E-state index >= 15 is 0 Å². The summed E-state index contributed by atoms with van der Waals surface area (Å²) in [5.74, 6) is -0.826. The Hall–Kier alpha value is -2.03. The molecule has 0 spiro atoms. The molecule has 0 saturated carbocycles. The number of unbranched alkanes of at least 4 members (excludes halogenated alkanes) is 48. The summed E-state index contributed by atoms with van der Waals surface area (Å²) in [6.07, 6.45) is 88.1. The number of phosphoric acid groups is 1. The standard InChI is InChI=1S/C73H138NO8P/c1-3-5-7-9-11-13-15-17-19-21-23-25-26-27-28-29-30-31-32-33-34-35-36-37-38-39-40-41-42-43-44-46-47-49-51-53-55-57-59-61-63-65-72(75)79-69-71(70-81-83(77,78)80-68-67-74)82-73(76)66-64-62-60-58-56-54-52-50-48-45-24-22-20-18-16-14-12-10-8-6-4-2/h16,18,21-24,48,50,71H,3-15,17,19-20,25-47,49,51-70,74H2,1-2H3,(H,77,78)/b18-16-,23-21-,24-22-,50-48-. The first-order valence-corrected chi connectivity index (χ1v) is 37.6. The maximum atomic E-state index is 12.7. The fraction of sp³-hybridized carbons (Fsp3) is 0.863. The van der Waals surface area contributed by atoms with Gasteiger partial charge in [-0.2, -0.15) is 0 Å². The predicted octanol–water partition coefficient (Wildman–Crippen LogP) is 23.6. The summed E-state index contributed by atoms with van der Waals surface area (Å²) in [7, 11) is -4.39. The van der Waals surface area contributed by atoms with E-state index in [9.17, 15) is 19.0 Å². The van der Waals surface area contributed by atoms with Crippen LogP contribution in [0.5, 0.6) is 0 Å². The smallest absolute Gasteiger partial charge is 0.462 e. The molecule has 0 amide bonds. The van der Waals surface area contributed by atoms with Gasteiger partial charge >= 0.3 is 19.8 Å². The van der Waals surface area contributed by atoms with Gasteiger partial charge in [0.2, 0.25) is 0 Å². The van der Waals surface area contributed by atoms with Gasteiger partial charge in [-0.25, -0.2) is 4.57 Å². The minimum absolute atomic E-state index is 0.0515. The zero-order chi connectivity index (χ0) is 60.1. The van der Waals surface area contributed by atoms with Crippen molar-refractivity contribution < 1.29 is 37.6 Å². The van der Waals surface area contributed by atoms with Crippen LogP contribution in [0.2, 0.25) is 0 Å². The quantitative estimate of drug-likeness (QED) is 0.0264. The van der Waals surface area contributed by atoms with Crippen molar-refractivity contribution in [1.29, 1.82) is 0 Å². The first-order chi connectivity index (χ1) is 40.8. The minimum Gasteiger partial charge on any atom is -0.462 e. The van der Waals surface area contributed by atoms with Crippen LogP contribution in [-0.2, 0) is 32.7 Å². The summed E-state index contributed by atoms with van der Waals surface area (Å²) in [5, 5.41) is 0. The number of esters is 2. The van der Waals surface area contributed by atoms with Gasteiger partial charge in [-0.3, -0.25) is 18.6 Å². The second-order valence-corrected chi connectivity index (χ2v) is 25.9. The van der Waals surface area contributed by atoms with Gasteiger partial charge in [-0.1, -0.05) is 332 Å². The summed E-state index contributed by atoms with van der Waals surface area (Å²) < 4.78 is 33.1. The average molecular weight is 1190 g/mol. The molecule has 0 aliphatic heterocycles. The Kier molecular flexibility index (Phi) is 67.4. The molecule has 9 nitrogen and oxygen atoms in total. The number of hydrogen-bond donors (Lipinski definition) is 2. The molecule has 2 unspecified atom stereocenters. The third-order valence-corrected chi connectivity index (χ3v) is 17.2. The van der Waals surface area contributed by atoms with Gasteiger partial charge in [-0.15, -0.1) is 0 Å². The number of carbonyl (C=O) groups is 2. The number of allylic oxidation sites excluding steroid dienone is 8. The molecule has 3 N–H and O–H groups in total. The van der Waals surface area contributed by atoms with Gasteiger partial charge in [0.15, 0.2) is 6.10 Å². The molecule has 0 aliphatic carbocycles. The van der Waals surface area contributed by atoms with Crippen LogP contribution in [-0.4, -0.2) is 49.3 Å². The Labute approximate surface area is 515 Å². The molecule has 0 radical (unpaired) electrons. The summed E-state index contributed by atoms with van der Waals surface area (Å²) in [6.45, 7) is 3.77. The third-order valence-electron chi connectivity index (χ3n) is 16.2. The van der Waals surface area contributed by atoms with Crippen LogP contribution in [0.4, 0.5) is 0 Å². The van der Waals surface area contributed by atoms with E-state index in [-0.39, 0.29) is 38.6 Å². The Balaban J connectivity index is 3.75. The Bertz CT molecular complexity index is 1500. The first-order valence-electron chi connectivity index (χ1n) is 36.1. The van der Waals surface area contributed by atoms with E-state index in [1.54, 1.807) is 0 Å². The Morgan fingerprint density at radius 1 is 0.361 bits per heavy atom. The maximum absolute atomic E-state index is 12.7. The van der Waals surface area contributed by atoms with Crippen LogP contribution >= 0.6 is 7.82 Å². The van der Waals surface area contributed by atoms with Gasteiger partial charge in [0.05, 0.1) is 13.2 Å². The maximum Gasteiger partial charge on any atom is 0.472 e. The number of ether oxygens (including phenoxy) is 2. The van der Waals surface area contributed by atoms with Crippen LogP contribution in [0.1, 0.15) is 373 Å². The van der Waals surface area contributed by atoms with Crippen molar-refractivity contribution >= 4 is 19.8 Å². The predicted molar refractivity (Wildman–Crippen MR) is 358 cm³/mol. The molecule has 0 fully saturated rings. The van der Waals surface area contributed by atoms with E-state index < -0.39 is 26.5 Å². The summed E-state index contributed by atoms with van der Waals surface area (Å²) in [4.78, 5) is 35.3. The molecule has 0 saturated heterocycles. The lowest BCUT2D eigenvalue weighted by Gasteiger charge is -2.19. The molecule has 0 aromatic carbocycles. The second-order valence-electron chi connectivity index (χ2n) is 24.5. The van der Waals surface area contributed by atoms with Crippen molar-refractivity contribution in [3.63, 3.8) is 0 Å². The van der Waals surface area contributed by atoms with E-state index in [4.69, 9.17) is 24.3 Å². The third kappa shape index (κ3) is 68.9. The number of carbonyl (C=O) groups excluding carboxylic acids is 2. The number of nitrogens with two attached hydrogens (primary N) is 1. The molecule has 0 aliphatic rings. The topological polar surface area (TPSA) is 134 Å². The normalized spacial score (nSPS) is 13.2. The average Bonchev–Trinajstić information content (AvgIpc) is 3.49. The van der Waals surface area contributed by atoms with Gasteiger partial charge in [0, 0.05) is 19.4 Å². The van der Waals surface area contributed by atoms with Crippen molar-refractivity contribution in [1.82, 2.24) is 0 Å². The first kappa shape index (κ1) is 81.0. The Morgan fingerprint density at radius 3 is 0.940 bits per heavy atom. The second kappa shape index (κ2) is 69.1. The lowest BCUT2D eigenvalue weighted by atomic mass is 10.0. The van der Waals surface area contributed by atoms with E-state index in [1.165, 1.54) is 270 Å². The molecule has 488 valence electrons. The van der Waals surface area contributed by atoms with Crippen molar-refractivity contribution in [3.05, 3.63) is 48.6 Å². The SMILES string of the molecule is CCCCCCC/C=C\C/C=C\C/C=C\CCCCCCCCC(=O)OC(COC(=O)CCCCCCCCCCCCCCCCCCCCCCCCCCCCCCC/C=C\CCCCCCCCCC)COP(=O)(O)OCCN. The lowest BCUT2D eigenvalue weighted by molar-refractivity contribution is -0.161. The lowest BCUT2D eigenvalue weighted by Crippen LogP contribution is -2.29. The fourth-order valence-corrected chi connectivity index (χ4v) is 11.6. The van der Waals surface area contributed by atoms with Crippen molar-refractivity contribution in [2.75, 3.05) is 26.4 Å². The summed E-state index contributed by atoms with van der Waals surface area (Å²) in [6, 6.07) is 0. The highest BCUT2D eigenvalue weighted by atomic mass is 31.2. The van der Waals surface area contributed by atoms with E-state index in [0.717, 1.165) is 70.6 Å². The summed E-state index contributed by atoms with van der Waals surface area (Å²) in [5.41, 5.74) is 5.40.